The molecule has 34 heavy (non-hydrogen) atoms. The largest absolute Gasteiger partial charge is 0.349 e. The lowest BCUT2D eigenvalue weighted by Gasteiger charge is -2.13. The first kappa shape index (κ1) is 22.1. The number of hydrogen-bond donors (Lipinski definition) is 1. The summed E-state index contributed by atoms with van der Waals surface area (Å²) in [7, 11) is 0. The van der Waals surface area contributed by atoms with Crippen LogP contribution < -0.4 is 5.32 Å². The van der Waals surface area contributed by atoms with Crippen molar-refractivity contribution in [2.24, 2.45) is 0 Å². The number of benzene rings is 3. The van der Waals surface area contributed by atoms with E-state index in [2.05, 4.69) is 57.3 Å². The molecule has 0 bridgehead atoms. The molecule has 1 atom stereocenters. The third kappa shape index (κ3) is 4.65. The lowest BCUT2D eigenvalue weighted by atomic mass is 10.1. The normalized spacial score (nSPS) is 12.2. The highest BCUT2D eigenvalue weighted by Gasteiger charge is 2.16. The molecule has 0 saturated carbocycles. The molecule has 6 nitrogen and oxygen atoms in total. The van der Waals surface area contributed by atoms with E-state index in [0.29, 0.717) is 11.7 Å². The number of nitrogens with zero attached hydrogens (tertiary/aromatic N) is 4. The van der Waals surface area contributed by atoms with E-state index in [1.54, 1.807) is 0 Å². The summed E-state index contributed by atoms with van der Waals surface area (Å²) in [5.41, 5.74) is 6.11. The second-order valence-corrected chi connectivity index (χ2v) is 9.29. The van der Waals surface area contributed by atoms with Crippen LogP contribution in [-0.2, 0) is 11.3 Å². The molecule has 0 radical (unpaired) electrons. The molecular formula is C27H25N5OS. The minimum atomic E-state index is -0.0645. The Morgan fingerprint density at radius 2 is 1.79 bits per heavy atom. The molecule has 0 aliphatic rings. The van der Waals surface area contributed by atoms with Crippen molar-refractivity contribution in [2.45, 2.75) is 31.6 Å². The molecule has 3 aromatic carbocycles. The fraction of sp³-hybridized carbons (Fsp3) is 0.185. The lowest BCUT2D eigenvalue weighted by Crippen LogP contribution is -2.28. The summed E-state index contributed by atoms with van der Waals surface area (Å²) in [6, 6.07) is 26.5. The van der Waals surface area contributed by atoms with Crippen LogP contribution in [0.15, 0.2) is 84.0 Å². The number of rotatable bonds is 7. The van der Waals surface area contributed by atoms with Crippen LogP contribution in [0.2, 0.25) is 0 Å². The van der Waals surface area contributed by atoms with Crippen molar-refractivity contribution in [2.75, 3.05) is 5.75 Å². The molecule has 0 fully saturated rings. The summed E-state index contributed by atoms with van der Waals surface area (Å²) < 4.78 is 2.18. The number of para-hydroxylation sites is 1. The SMILES string of the molecule is Cc1cccc(Cn2c3ccccc3c3nnc(SCC(=O)NC(C)c4ccccc4)nc32)c1. The molecule has 1 amide bonds. The van der Waals surface area contributed by atoms with Gasteiger partial charge < -0.3 is 9.88 Å². The first-order valence-corrected chi connectivity index (χ1v) is 12.2. The van der Waals surface area contributed by atoms with Gasteiger partial charge in [-0.05, 0) is 31.0 Å². The molecule has 0 spiro atoms. The standard InChI is InChI=1S/C27H25N5OS/c1-18-9-8-10-20(15-18)16-32-23-14-7-6-13-22(23)25-26(32)29-27(31-30-25)34-17-24(33)28-19(2)21-11-4-3-5-12-21/h3-15,19H,16-17H2,1-2H3,(H,28,33). The molecule has 0 saturated heterocycles. The Labute approximate surface area is 202 Å². The highest BCUT2D eigenvalue weighted by Crippen LogP contribution is 2.28. The van der Waals surface area contributed by atoms with Gasteiger partial charge in [-0.1, -0.05) is 90.1 Å². The highest BCUT2D eigenvalue weighted by atomic mass is 32.2. The van der Waals surface area contributed by atoms with Crippen LogP contribution in [-0.4, -0.2) is 31.4 Å². The zero-order chi connectivity index (χ0) is 23.5. The second-order valence-electron chi connectivity index (χ2n) is 8.35. The molecule has 2 aromatic heterocycles. The first-order chi connectivity index (χ1) is 16.6. The maximum absolute atomic E-state index is 12.5. The van der Waals surface area contributed by atoms with Crippen molar-refractivity contribution in [3.05, 3.63) is 95.6 Å². The Morgan fingerprint density at radius 3 is 2.62 bits per heavy atom. The Bertz CT molecular complexity index is 1460. The van der Waals surface area contributed by atoms with Gasteiger partial charge in [0.1, 0.15) is 5.52 Å². The van der Waals surface area contributed by atoms with Gasteiger partial charge in [-0.25, -0.2) is 4.98 Å². The van der Waals surface area contributed by atoms with Gasteiger partial charge >= 0.3 is 0 Å². The van der Waals surface area contributed by atoms with Crippen LogP contribution in [0.1, 0.15) is 29.7 Å². The summed E-state index contributed by atoms with van der Waals surface area (Å²) in [5.74, 6) is 0.160. The Morgan fingerprint density at radius 1 is 1.00 bits per heavy atom. The maximum Gasteiger partial charge on any atom is 0.230 e. The van der Waals surface area contributed by atoms with Crippen LogP contribution >= 0.6 is 11.8 Å². The second kappa shape index (κ2) is 9.65. The number of amides is 1. The molecule has 0 aliphatic heterocycles. The average Bonchev–Trinajstić information content (AvgIpc) is 3.16. The number of nitrogens with one attached hydrogen (secondary N) is 1. The van der Waals surface area contributed by atoms with Gasteiger partial charge in [0.05, 0.1) is 17.3 Å². The third-order valence-electron chi connectivity index (χ3n) is 5.79. The predicted molar refractivity (Wildman–Crippen MR) is 137 cm³/mol. The Kier molecular flexibility index (Phi) is 6.27. The predicted octanol–water partition coefficient (Wildman–Crippen LogP) is 5.31. The fourth-order valence-electron chi connectivity index (χ4n) is 4.14. The van der Waals surface area contributed by atoms with Gasteiger partial charge in [0.15, 0.2) is 5.65 Å². The van der Waals surface area contributed by atoms with E-state index >= 15 is 0 Å². The van der Waals surface area contributed by atoms with E-state index in [-0.39, 0.29) is 17.7 Å². The zero-order valence-electron chi connectivity index (χ0n) is 19.1. The molecule has 7 heteroatoms. The molecule has 0 aliphatic carbocycles. The van der Waals surface area contributed by atoms with Crippen LogP contribution in [0, 0.1) is 6.92 Å². The van der Waals surface area contributed by atoms with Gasteiger partial charge in [-0.2, -0.15) is 0 Å². The highest BCUT2D eigenvalue weighted by molar-refractivity contribution is 7.99. The fourth-order valence-corrected chi connectivity index (χ4v) is 4.73. The maximum atomic E-state index is 12.5. The zero-order valence-corrected chi connectivity index (χ0v) is 19.9. The van der Waals surface area contributed by atoms with E-state index in [1.165, 1.54) is 22.9 Å². The van der Waals surface area contributed by atoms with E-state index in [0.717, 1.165) is 27.6 Å². The summed E-state index contributed by atoms with van der Waals surface area (Å²) in [4.78, 5) is 17.3. The number of aromatic nitrogens is 4. The summed E-state index contributed by atoms with van der Waals surface area (Å²) in [5, 5.41) is 13.3. The summed E-state index contributed by atoms with van der Waals surface area (Å²) >= 11 is 1.30. The van der Waals surface area contributed by atoms with Crippen LogP contribution in [0.3, 0.4) is 0 Å². The third-order valence-corrected chi connectivity index (χ3v) is 6.62. The quantitative estimate of drug-likeness (QED) is 0.329. The monoisotopic (exact) mass is 467 g/mol. The van der Waals surface area contributed by atoms with Gasteiger partial charge in [-0.15, -0.1) is 10.2 Å². The number of hydrogen-bond acceptors (Lipinski definition) is 5. The van der Waals surface area contributed by atoms with E-state index in [1.807, 2.05) is 55.5 Å². The van der Waals surface area contributed by atoms with E-state index < -0.39 is 0 Å². The van der Waals surface area contributed by atoms with Crippen LogP contribution in [0.25, 0.3) is 22.1 Å². The molecular weight excluding hydrogens is 442 g/mol. The van der Waals surface area contributed by atoms with Crippen molar-refractivity contribution >= 4 is 39.7 Å². The Balaban J connectivity index is 1.39. The van der Waals surface area contributed by atoms with Gasteiger partial charge in [-0.3, -0.25) is 4.79 Å². The smallest absolute Gasteiger partial charge is 0.230 e. The number of carbonyl (C=O) groups is 1. The number of carbonyl (C=O) groups excluding carboxylic acids is 1. The van der Waals surface area contributed by atoms with Gasteiger partial charge in [0, 0.05) is 11.9 Å². The van der Waals surface area contributed by atoms with Crippen molar-refractivity contribution in [1.82, 2.24) is 25.1 Å². The molecule has 5 aromatic rings. The number of thioether (sulfide) groups is 1. The lowest BCUT2D eigenvalue weighted by molar-refractivity contribution is -0.119. The van der Waals surface area contributed by atoms with Crippen LogP contribution in [0.5, 0.6) is 0 Å². The minimum Gasteiger partial charge on any atom is -0.349 e. The molecule has 1 N–H and O–H groups in total. The topological polar surface area (TPSA) is 72.7 Å². The van der Waals surface area contributed by atoms with E-state index in [4.69, 9.17) is 4.98 Å². The first-order valence-electron chi connectivity index (χ1n) is 11.2. The Hall–Kier alpha value is -3.71. The molecule has 1 unspecified atom stereocenters. The number of aryl methyl sites for hydroxylation is 1. The van der Waals surface area contributed by atoms with Crippen molar-refractivity contribution in [3.8, 4) is 0 Å². The molecule has 2 heterocycles. The van der Waals surface area contributed by atoms with Gasteiger partial charge in [0.25, 0.3) is 0 Å². The summed E-state index contributed by atoms with van der Waals surface area (Å²) in [6.45, 7) is 4.76. The van der Waals surface area contributed by atoms with Crippen molar-refractivity contribution in [3.63, 3.8) is 0 Å². The van der Waals surface area contributed by atoms with Crippen LogP contribution in [0.4, 0.5) is 0 Å². The average molecular weight is 468 g/mol. The van der Waals surface area contributed by atoms with Crippen molar-refractivity contribution < 1.29 is 4.79 Å². The number of fused-ring (bicyclic) bond motifs is 3. The molecule has 170 valence electrons. The summed E-state index contributed by atoms with van der Waals surface area (Å²) in [6.07, 6.45) is 0. The van der Waals surface area contributed by atoms with Crippen molar-refractivity contribution in [1.29, 1.82) is 0 Å². The molecule has 5 rings (SSSR count). The van der Waals surface area contributed by atoms with Gasteiger partial charge in [0.2, 0.25) is 11.1 Å². The minimum absolute atomic E-state index is 0.0623. The van der Waals surface area contributed by atoms with E-state index in [9.17, 15) is 4.79 Å².